The Balaban J connectivity index is 1.75. The predicted octanol–water partition coefficient (Wildman–Crippen LogP) is 1.81. The summed E-state index contributed by atoms with van der Waals surface area (Å²) in [6.07, 6.45) is 3.08. The van der Waals surface area contributed by atoms with Crippen LogP contribution in [-0.2, 0) is 4.74 Å². The van der Waals surface area contributed by atoms with Crippen LogP contribution < -0.4 is 5.32 Å². The van der Waals surface area contributed by atoms with E-state index in [1.807, 2.05) is 0 Å². The normalized spacial score (nSPS) is 28.9. The lowest BCUT2D eigenvalue weighted by atomic mass is 10.1. The maximum atomic E-state index is 6.01. The van der Waals surface area contributed by atoms with Crippen molar-refractivity contribution in [3.63, 3.8) is 0 Å². The van der Waals surface area contributed by atoms with Crippen LogP contribution in [0.2, 0.25) is 0 Å². The molecule has 2 aliphatic rings. The SMILES string of the molecule is CC(C)CNCC1CCCN1CC1CN(C(C)C)CCO1. The smallest absolute Gasteiger partial charge is 0.0829 e. The van der Waals surface area contributed by atoms with Crippen molar-refractivity contribution in [3.05, 3.63) is 0 Å². The Morgan fingerprint density at radius 1 is 1.19 bits per heavy atom. The molecule has 2 rings (SSSR count). The van der Waals surface area contributed by atoms with E-state index >= 15 is 0 Å². The van der Waals surface area contributed by atoms with Crippen molar-refractivity contribution in [1.29, 1.82) is 0 Å². The van der Waals surface area contributed by atoms with Gasteiger partial charge in [-0.3, -0.25) is 9.80 Å². The molecule has 2 saturated heterocycles. The van der Waals surface area contributed by atoms with Crippen molar-refractivity contribution in [2.75, 3.05) is 45.9 Å². The monoisotopic (exact) mass is 297 g/mol. The second-order valence-electron chi connectivity index (χ2n) is 7.42. The minimum absolute atomic E-state index is 0.395. The first-order chi connectivity index (χ1) is 10.1. The molecule has 0 saturated carbocycles. The quantitative estimate of drug-likeness (QED) is 0.775. The molecule has 2 heterocycles. The Morgan fingerprint density at radius 2 is 2.00 bits per heavy atom. The molecule has 4 nitrogen and oxygen atoms in total. The van der Waals surface area contributed by atoms with E-state index in [1.165, 1.54) is 19.4 Å². The summed E-state index contributed by atoms with van der Waals surface area (Å²) in [6, 6.07) is 1.35. The first-order valence-electron chi connectivity index (χ1n) is 8.86. The first-order valence-corrected chi connectivity index (χ1v) is 8.86. The Labute approximate surface area is 131 Å². The van der Waals surface area contributed by atoms with Crippen LogP contribution >= 0.6 is 0 Å². The molecule has 2 fully saturated rings. The summed E-state index contributed by atoms with van der Waals surface area (Å²) in [5, 5.41) is 3.63. The van der Waals surface area contributed by atoms with Crippen molar-refractivity contribution < 1.29 is 4.74 Å². The summed E-state index contributed by atoms with van der Waals surface area (Å²) in [6.45, 7) is 16.8. The summed E-state index contributed by atoms with van der Waals surface area (Å²) in [5.74, 6) is 0.737. The summed E-state index contributed by atoms with van der Waals surface area (Å²) in [7, 11) is 0. The zero-order chi connectivity index (χ0) is 15.2. The van der Waals surface area contributed by atoms with Gasteiger partial charge in [0.25, 0.3) is 0 Å². The van der Waals surface area contributed by atoms with E-state index in [-0.39, 0.29) is 0 Å². The lowest BCUT2D eigenvalue weighted by Gasteiger charge is -2.38. The molecule has 1 N–H and O–H groups in total. The molecule has 0 aromatic carbocycles. The molecule has 21 heavy (non-hydrogen) atoms. The lowest BCUT2D eigenvalue weighted by Crippen LogP contribution is -2.51. The fourth-order valence-corrected chi connectivity index (χ4v) is 3.49. The van der Waals surface area contributed by atoms with Crippen LogP contribution in [0.15, 0.2) is 0 Å². The number of rotatable bonds is 7. The van der Waals surface area contributed by atoms with E-state index in [9.17, 15) is 0 Å². The van der Waals surface area contributed by atoms with Gasteiger partial charge in [0.05, 0.1) is 12.7 Å². The highest BCUT2D eigenvalue weighted by Gasteiger charge is 2.29. The van der Waals surface area contributed by atoms with Gasteiger partial charge in [-0.05, 0) is 45.7 Å². The topological polar surface area (TPSA) is 27.7 Å². The highest BCUT2D eigenvalue weighted by Crippen LogP contribution is 2.19. The first kappa shape index (κ1) is 17.2. The van der Waals surface area contributed by atoms with Crippen molar-refractivity contribution in [2.24, 2.45) is 5.92 Å². The van der Waals surface area contributed by atoms with Crippen LogP contribution in [0.5, 0.6) is 0 Å². The van der Waals surface area contributed by atoms with Gasteiger partial charge in [-0.25, -0.2) is 0 Å². The molecule has 124 valence electrons. The molecule has 0 aliphatic carbocycles. The highest BCUT2D eigenvalue weighted by atomic mass is 16.5. The molecule has 0 aromatic rings. The largest absolute Gasteiger partial charge is 0.374 e. The van der Waals surface area contributed by atoms with Crippen molar-refractivity contribution in [3.8, 4) is 0 Å². The average Bonchev–Trinajstić information content (AvgIpc) is 2.86. The number of hydrogen-bond donors (Lipinski definition) is 1. The molecular formula is C17H35N3O. The molecule has 0 aromatic heterocycles. The third-order valence-electron chi connectivity index (χ3n) is 4.77. The number of hydrogen-bond acceptors (Lipinski definition) is 4. The zero-order valence-corrected chi connectivity index (χ0v) is 14.5. The molecule has 2 aliphatic heterocycles. The number of nitrogens with one attached hydrogen (secondary N) is 1. The minimum Gasteiger partial charge on any atom is -0.374 e. The van der Waals surface area contributed by atoms with Gasteiger partial charge in [0.15, 0.2) is 0 Å². The summed E-state index contributed by atoms with van der Waals surface area (Å²) < 4.78 is 6.01. The number of nitrogens with zero attached hydrogens (tertiary/aromatic N) is 2. The summed E-state index contributed by atoms with van der Waals surface area (Å²) in [5.41, 5.74) is 0. The van der Waals surface area contributed by atoms with Crippen LogP contribution in [0.4, 0.5) is 0 Å². The zero-order valence-electron chi connectivity index (χ0n) is 14.5. The Hall–Kier alpha value is -0.160. The molecule has 2 atom stereocenters. The molecule has 0 bridgehead atoms. The molecule has 0 amide bonds. The standard InChI is InChI=1S/C17H35N3O/c1-14(2)10-18-11-16-6-5-7-20(16)13-17-12-19(15(3)4)8-9-21-17/h14-18H,5-13H2,1-4H3. The third-order valence-corrected chi connectivity index (χ3v) is 4.77. The maximum absolute atomic E-state index is 6.01. The van der Waals surface area contributed by atoms with Crippen LogP contribution in [0.1, 0.15) is 40.5 Å². The van der Waals surface area contributed by atoms with Gasteiger partial charge in [0.1, 0.15) is 0 Å². The van der Waals surface area contributed by atoms with Crippen LogP contribution in [0.25, 0.3) is 0 Å². The van der Waals surface area contributed by atoms with Crippen LogP contribution in [0, 0.1) is 5.92 Å². The second-order valence-corrected chi connectivity index (χ2v) is 7.42. The maximum Gasteiger partial charge on any atom is 0.0829 e. The van der Waals surface area contributed by atoms with Crippen LogP contribution in [0.3, 0.4) is 0 Å². The molecule has 2 unspecified atom stereocenters. The third kappa shape index (κ3) is 5.51. The van der Waals surface area contributed by atoms with Gasteiger partial charge >= 0.3 is 0 Å². The lowest BCUT2D eigenvalue weighted by molar-refractivity contribution is -0.0534. The van der Waals surface area contributed by atoms with E-state index in [1.54, 1.807) is 0 Å². The number of ether oxygens (including phenoxy) is 1. The van der Waals surface area contributed by atoms with Gasteiger partial charge in [-0.1, -0.05) is 13.8 Å². The van der Waals surface area contributed by atoms with Crippen LogP contribution in [-0.4, -0.2) is 73.9 Å². The summed E-state index contributed by atoms with van der Waals surface area (Å²) >= 11 is 0. The van der Waals surface area contributed by atoms with Gasteiger partial charge in [-0.15, -0.1) is 0 Å². The molecular weight excluding hydrogens is 262 g/mol. The molecule has 0 spiro atoms. The van der Waals surface area contributed by atoms with Gasteiger partial charge in [0.2, 0.25) is 0 Å². The number of morpholine rings is 1. The van der Waals surface area contributed by atoms with E-state index in [2.05, 4.69) is 42.8 Å². The minimum atomic E-state index is 0.395. The van der Waals surface area contributed by atoms with E-state index < -0.39 is 0 Å². The fraction of sp³-hybridized carbons (Fsp3) is 1.00. The van der Waals surface area contributed by atoms with Gasteiger partial charge in [0, 0.05) is 38.3 Å². The average molecular weight is 297 g/mol. The summed E-state index contributed by atoms with van der Waals surface area (Å²) in [4.78, 5) is 5.21. The van der Waals surface area contributed by atoms with E-state index in [0.29, 0.717) is 18.2 Å². The second kappa shape index (κ2) is 8.47. The molecule has 4 heteroatoms. The van der Waals surface area contributed by atoms with Crippen molar-refractivity contribution >= 4 is 0 Å². The highest BCUT2D eigenvalue weighted by molar-refractivity contribution is 4.85. The predicted molar refractivity (Wildman–Crippen MR) is 88.8 cm³/mol. The molecule has 0 radical (unpaired) electrons. The fourth-order valence-electron chi connectivity index (χ4n) is 3.49. The van der Waals surface area contributed by atoms with Gasteiger partial charge in [-0.2, -0.15) is 0 Å². The Bertz CT molecular complexity index is 296. The van der Waals surface area contributed by atoms with Crippen molar-refractivity contribution in [1.82, 2.24) is 15.1 Å². The van der Waals surface area contributed by atoms with E-state index in [4.69, 9.17) is 4.74 Å². The van der Waals surface area contributed by atoms with E-state index in [0.717, 1.165) is 45.2 Å². The van der Waals surface area contributed by atoms with Gasteiger partial charge < -0.3 is 10.1 Å². The number of likely N-dealkylation sites (tertiary alicyclic amines) is 1. The Morgan fingerprint density at radius 3 is 2.71 bits per heavy atom. The Kier molecular flexibility index (Phi) is 6.93. The van der Waals surface area contributed by atoms with Crippen molar-refractivity contribution in [2.45, 2.75) is 58.7 Å².